The SMILES string of the molecule is Cn1nc(-c2ccccc2)c2cc(C(=O)N3[C@@H]4CC[C@H]3CC(=O)NC4)sc21. The molecule has 0 unspecified atom stereocenters. The molecule has 0 saturated carbocycles. The summed E-state index contributed by atoms with van der Waals surface area (Å²) >= 11 is 1.48. The van der Waals surface area contributed by atoms with Gasteiger partial charge in [0.2, 0.25) is 5.91 Å². The molecule has 0 aliphatic carbocycles. The average molecular weight is 380 g/mol. The summed E-state index contributed by atoms with van der Waals surface area (Å²) in [6.45, 7) is 0.558. The maximum Gasteiger partial charge on any atom is 0.264 e. The molecule has 0 radical (unpaired) electrons. The van der Waals surface area contributed by atoms with Crippen molar-refractivity contribution in [2.75, 3.05) is 6.54 Å². The highest BCUT2D eigenvalue weighted by Gasteiger charge is 2.41. The number of carbonyl (C=O) groups excluding carboxylic acids is 2. The van der Waals surface area contributed by atoms with Crippen LogP contribution in [0.25, 0.3) is 21.5 Å². The number of aromatic nitrogens is 2. The van der Waals surface area contributed by atoms with Gasteiger partial charge in [-0.25, -0.2) is 0 Å². The fourth-order valence-corrected chi connectivity index (χ4v) is 5.31. The Morgan fingerprint density at radius 1 is 1.22 bits per heavy atom. The van der Waals surface area contributed by atoms with Crippen LogP contribution in [0, 0.1) is 0 Å². The first-order valence-corrected chi connectivity index (χ1v) is 10.0. The molecule has 138 valence electrons. The van der Waals surface area contributed by atoms with Gasteiger partial charge in [-0.3, -0.25) is 14.3 Å². The van der Waals surface area contributed by atoms with E-state index in [1.807, 2.05) is 53.0 Å². The lowest BCUT2D eigenvalue weighted by Gasteiger charge is -2.26. The summed E-state index contributed by atoms with van der Waals surface area (Å²) in [7, 11) is 1.91. The van der Waals surface area contributed by atoms with Crippen molar-refractivity contribution in [2.45, 2.75) is 31.3 Å². The lowest BCUT2D eigenvalue weighted by molar-refractivity contribution is -0.121. The molecular formula is C20H20N4O2S. The van der Waals surface area contributed by atoms with E-state index < -0.39 is 0 Å². The number of amides is 2. The normalized spacial score (nSPS) is 22.1. The second-order valence-corrected chi connectivity index (χ2v) is 8.30. The standard InChI is InChI=1S/C20H20N4O2S/c1-23-20-15(18(22-23)12-5-3-2-4-6-12)10-16(27-20)19(26)24-13-7-8-14(24)11-21-17(25)9-13/h2-6,10,13-14H,7-9,11H2,1H3,(H,21,25)/t13-,14+/m0/s1. The summed E-state index contributed by atoms with van der Waals surface area (Å²) in [5, 5.41) is 8.59. The minimum atomic E-state index is 0.0157. The third-order valence-corrected chi connectivity index (χ3v) is 6.77. The summed E-state index contributed by atoms with van der Waals surface area (Å²) in [4.78, 5) is 28.8. The fourth-order valence-electron chi connectivity index (χ4n) is 4.29. The molecule has 5 rings (SSSR count). The molecule has 2 bridgehead atoms. The highest BCUT2D eigenvalue weighted by molar-refractivity contribution is 7.20. The maximum atomic E-state index is 13.3. The van der Waals surface area contributed by atoms with Crippen molar-refractivity contribution in [1.29, 1.82) is 0 Å². The van der Waals surface area contributed by atoms with Crippen LogP contribution >= 0.6 is 11.3 Å². The molecule has 2 aromatic heterocycles. The van der Waals surface area contributed by atoms with Gasteiger partial charge in [-0.05, 0) is 18.9 Å². The van der Waals surface area contributed by atoms with Crippen LogP contribution in [0.4, 0.5) is 0 Å². The van der Waals surface area contributed by atoms with Crippen molar-refractivity contribution in [3.63, 3.8) is 0 Å². The van der Waals surface area contributed by atoms with E-state index >= 15 is 0 Å². The van der Waals surface area contributed by atoms with Crippen LogP contribution in [-0.2, 0) is 11.8 Å². The quantitative estimate of drug-likeness (QED) is 0.743. The van der Waals surface area contributed by atoms with Crippen LogP contribution in [-0.4, -0.2) is 45.1 Å². The molecule has 2 amide bonds. The highest BCUT2D eigenvalue weighted by atomic mass is 32.1. The molecule has 0 spiro atoms. The zero-order valence-electron chi connectivity index (χ0n) is 15.0. The van der Waals surface area contributed by atoms with Gasteiger partial charge in [0.15, 0.2) is 0 Å². The molecule has 2 saturated heterocycles. The molecule has 2 aliphatic rings. The van der Waals surface area contributed by atoms with Gasteiger partial charge in [-0.15, -0.1) is 11.3 Å². The average Bonchev–Trinajstić information content (AvgIpc) is 3.31. The van der Waals surface area contributed by atoms with Crippen LogP contribution in [0.1, 0.15) is 28.9 Å². The Labute approximate surface area is 160 Å². The number of nitrogens with one attached hydrogen (secondary N) is 1. The van der Waals surface area contributed by atoms with Crippen molar-refractivity contribution >= 4 is 33.4 Å². The molecule has 2 fully saturated rings. The van der Waals surface area contributed by atoms with Gasteiger partial charge in [0, 0.05) is 43.0 Å². The summed E-state index contributed by atoms with van der Waals surface area (Å²) in [6.07, 6.45) is 2.27. The van der Waals surface area contributed by atoms with Crippen molar-refractivity contribution in [1.82, 2.24) is 20.0 Å². The molecule has 1 N–H and O–H groups in total. The van der Waals surface area contributed by atoms with Crippen LogP contribution < -0.4 is 5.32 Å². The first kappa shape index (κ1) is 16.5. The van der Waals surface area contributed by atoms with Gasteiger partial charge < -0.3 is 10.2 Å². The number of aryl methyl sites for hydroxylation is 1. The third kappa shape index (κ3) is 2.65. The topological polar surface area (TPSA) is 67.2 Å². The Balaban J connectivity index is 1.54. The molecule has 6 nitrogen and oxygen atoms in total. The van der Waals surface area contributed by atoms with Crippen molar-refractivity contribution < 1.29 is 9.59 Å². The number of hydrogen-bond donors (Lipinski definition) is 1. The lowest BCUT2D eigenvalue weighted by atomic mass is 10.1. The Bertz CT molecular complexity index is 1040. The van der Waals surface area contributed by atoms with Gasteiger partial charge in [0.1, 0.15) is 10.5 Å². The molecule has 1 aromatic carbocycles. The van der Waals surface area contributed by atoms with E-state index in [0.29, 0.717) is 13.0 Å². The summed E-state index contributed by atoms with van der Waals surface area (Å²) in [6, 6.07) is 12.1. The molecule has 4 heterocycles. The van der Waals surface area contributed by atoms with Gasteiger partial charge in [-0.2, -0.15) is 5.10 Å². The Morgan fingerprint density at radius 2 is 2.00 bits per heavy atom. The number of benzene rings is 1. The fraction of sp³-hybridized carbons (Fsp3) is 0.350. The predicted octanol–water partition coefficient (Wildman–Crippen LogP) is 2.79. The maximum absolute atomic E-state index is 13.3. The third-order valence-electron chi connectivity index (χ3n) is 5.58. The molecule has 2 aliphatic heterocycles. The first-order valence-electron chi connectivity index (χ1n) is 9.23. The zero-order chi connectivity index (χ0) is 18.5. The number of thiophene rings is 1. The number of rotatable bonds is 2. The van der Waals surface area contributed by atoms with Crippen molar-refractivity contribution in [3.8, 4) is 11.3 Å². The van der Waals surface area contributed by atoms with Gasteiger partial charge in [0.25, 0.3) is 5.91 Å². The van der Waals surface area contributed by atoms with E-state index in [1.165, 1.54) is 11.3 Å². The van der Waals surface area contributed by atoms with Crippen LogP contribution in [0.2, 0.25) is 0 Å². The molecule has 2 atom stereocenters. The molecule has 27 heavy (non-hydrogen) atoms. The van der Waals surface area contributed by atoms with Gasteiger partial charge in [-0.1, -0.05) is 30.3 Å². The lowest BCUT2D eigenvalue weighted by Crippen LogP contribution is -2.42. The zero-order valence-corrected chi connectivity index (χ0v) is 15.8. The Morgan fingerprint density at radius 3 is 2.81 bits per heavy atom. The van der Waals surface area contributed by atoms with Crippen LogP contribution in [0.5, 0.6) is 0 Å². The van der Waals surface area contributed by atoms with Crippen LogP contribution in [0.3, 0.4) is 0 Å². The van der Waals surface area contributed by atoms with Crippen molar-refractivity contribution in [2.24, 2.45) is 7.05 Å². The minimum absolute atomic E-state index is 0.0157. The number of hydrogen-bond acceptors (Lipinski definition) is 4. The molecular weight excluding hydrogens is 360 g/mol. The van der Waals surface area contributed by atoms with E-state index in [1.54, 1.807) is 0 Å². The van der Waals surface area contributed by atoms with Gasteiger partial charge in [0.05, 0.1) is 4.88 Å². The monoisotopic (exact) mass is 380 g/mol. The molecule has 3 aromatic rings. The number of carbonyl (C=O) groups is 2. The van der Waals surface area contributed by atoms with Gasteiger partial charge >= 0.3 is 0 Å². The Kier molecular flexibility index (Phi) is 3.79. The second kappa shape index (κ2) is 6.20. The first-order chi connectivity index (χ1) is 13.1. The predicted molar refractivity (Wildman–Crippen MR) is 105 cm³/mol. The smallest absolute Gasteiger partial charge is 0.264 e. The Hall–Kier alpha value is -2.67. The minimum Gasteiger partial charge on any atom is -0.354 e. The summed E-state index contributed by atoms with van der Waals surface area (Å²) in [5.41, 5.74) is 1.95. The number of nitrogens with zero attached hydrogens (tertiary/aromatic N) is 3. The summed E-state index contributed by atoms with van der Waals surface area (Å²) < 4.78 is 1.85. The van der Waals surface area contributed by atoms with E-state index in [4.69, 9.17) is 0 Å². The van der Waals surface area contributed by atoms with Crippen molar-refractivity contribution in [3.05, 3.63) is 41.3 Å². The second-order valence-electron chi connectivity index (χ2n) is 7.27. The number of fused-ring (bicyclic) bond motifs is 3. The largest absolute Gasteiger partial charge is 0.354 e. The van der Waals surface area contributed by atoms with E-state index in [9.17, 15) is 9.59 Å². The van der Waals surface area contributed by atoms with Crippen LogP contribution in [0.15, 0.2) is 36.4 Å². The molecule has 7 heteroatoms. The van der Waals surface area contributed by atoms with E-state index in [-0.39, 0.29) is 23.9 Å². The summed E-state index contributed by atoms with van der Waals surface area (Å²) in [5.74, 6) is 0.0890. The highest BCUT2D eigenvalue weighted by Crippen LogP contribution is 2.36. The van der Waals surface area contributed by atoms with E-state index in [2.05, 4.69) is 10.4 Å². The van der Waals surface area contributed by atoms with E-state index in [0.717, 1.165) is 39.2 Å².